The van der Waals surface area contributed by atoms with Gasteiger partial charge in [0.15, 0.2) is 11.9 Å². The van der Waals surface area contributed by atoms with Gasteiger partial charge in [-0.15, -0.1) is 0 Å². The molecular formula is C2H7AgN5. The summed E-state index contributed by atoms with van der Waals surface area (Å²) in [7, 11) is 0. The van der Waals surface area contributed by atoms with Crippen LogP contribution in [0.25, 0.3) is 0 Å². The minimum atomic E-state index is -0.312. The molecule has 0 spiro atoms. The first-order valence-corrected chi connectivity index (χ1v) is 1.58. The van der Waals surface area contributed by atoms with E-state index in [-0.39, 0.29) is 34.3 Å². The molecule has 6 heteroatoms. The van der Waals surface area contributed by atoms with Gasteiger partial charge in [-0.25, -0.2) is 0 Å². The van der Waals surface area contributed by atoms with E-state index in [4.69, 9.17) is 22.3 Å². The zero-order valence-electron chi connectivity index (χ0n) is 3.96. The van der Waals surface area contributed by atoms with Crippen molar-refractivity contribution in [3.8, 4) is 0 Å². The number of hydrogen-bond donors (Lipinski definition) is 5. The summed E-state index contributed by atoms with van der Waals surface area (Å²) in [6.07, 6.45) is 0. The summed E-state index contributed by atoms with van der Waals surface area (Å²) in [5.41, 5.74) is 9.49. The second-order valence-electron chi connectivity index (χ2n) is 0.952. The van der Waals surface area contributed by atoms with Gasteiger partial charge in [0.05, 0.1) is 0 Å². The molecule has 1 radical (unpaired) electrons. The van der Waals surface area contributed by atoms with Crippen molar-refractivity contribution in [2.45, 2.75) is 0 Å². The van der Waals surface area contributed by atoms with E-state index in [1.165, 1.54) is 0 Å². The number of guanidine groups is 2. The first-order chi connectivity index (χ1) is 3.13. The Kier molecular flexibility index (Phi) is 6.06. The van der Waals surface area contributed by atoms with Gasteiger partial charge in [0, 0.05) is 22.4 Å². The van der Waals surface area contributed by atoms with Crippen LogP contribution in [0.3, 0.4) is 0 Å². The van der Waals surface area contributed by atoms with Crippen LogP contribution in [-0.4, -0.2) is 11.9 Å². The smallest absolute Gasteiger partial charge is 0.192 e. The van der Waals surface area contributed by atoms with Gasteiger partial charge in [0.2, 0.25) is 0 Å². The van der Waals surface area contributed by atoms with E-state index in [9.17, 15) is 0 Å². The van der Waals surface area contributed by atoms with E-state index in [0.29, 0.717) is 0 Å². The summed E-state index contributed by atoms with van der Waals surface area (Å²) >= 11 is 0. The Hall–Kier alpha value is -0.520. The Bertz CT molecular complexity index is 86.6. The molecule has 0 aliphatic rings. The van der Waals surface area contributed by atoms with Crippen molar-refractivity contribution in [3.05, 3.63) is 0 Å². The molecule has 0 saturated heterocycles. The molecule has 0 bridgehead atoms. The molecule has 51 valence electrons. The van der Waals surface area contributed by atoms with Crippen molar-refractivity contribution in [1.82, 2.24) is 5.32 Å². The van der Waals surface area contributed by atoms with Crippen molar-refractivity contribution in [3.63, 3.8) is 0 Å². The van der Waals surface area contributed by atoms with Gasteiger partial charge in [-0.05, 0) is 0 Å². The molecule has 0 atom stereocenters. The van der Waals surface area contributed by atoms with Crippen LogP contribution in [0.1, 0.15) is 0 Å². The molecule has 0 fully saturated rings. The molecule has 0 aromatic carbocycles. The van der Waals surface area contributed by atoms with E-state index < -0.39 is 0 Å². The first-order valence-electron chi connectivity index (χ1n) is 1.58. The molecule has 0 aliphatic carbocycles. The molecule has 5 nitrogen and oxygen atoms in total. The maximum Gasteiger partial charge on any atom is 0.192 e. The van der Waals surface area contributed by atoms with E-state index in [0.717, 1.165) is 0 Å². The molecule has 0 unspecified atom stereocenters. The molecule has 0 saturated carbocycles. The minimum absolute atomic E-state index is 0. The van der Waals surface area contributed by atoms with E-state index in [1.807, 2.05) is 5.32 Å². The van der Waals surface area contributed by atoms with E-state index in [2.05, 4.69) is 0 Å². The van der Waals surface area contributed by atoms with Crippen molar-refractivity contribution in [2.24, 2.45) is 11.5 Å². The van der Waals surface area contributed by atoms with Gasteiger partial charge in [-0.2, -0.15) is 0 Å². The van der Waals surface area contributed by atoms with Crippen LogP contribution >= 0.6 is 0 Å². The molecule has 0 amide bonds. The van der Waals surface area contributed by atoms with Gasteiger partial charge in [0.1, 0.15) is 0 Å². The molecule has 0 heterocycles. The largest absolute Gasteiger partial charge is 0.370 e. The molecule has 0 aromatic heterocycles. The molecule has 0 aliphatic heterocycles. The second kappa shape index (κ2) is 4.63. The van der Waals surface area contributed by atoms with Crippen LogP contribution in [0.5, 0.6) is 0 Å². The quantitative estimate of drug-likeness (QED) is 0.187. The Labute approximate surface area is 62.3 Å². The van der Waals surface area contributed by atoms with Crippen molar-refractivity contribution < 1.29 is 22.4 Å². The van der Waals surface area contributed by atoms with Crippen molar-refractivity contribution in [2.75, 3.05) is 0 Å². The fourth-order valence-corrected chi connectivity index (χ4v) is 0.145. The van der Waals surface area contributed by atoms with Crippen molar-refractivity contribution >= 4 is 11.9 Å². The van der Waals surface area contributed by atoms with Crippen molar-refractivity contribution in [1.29, 1.82) is 10.8 Å². The number of nitrogens with one attached hydrogen (secondary N) is 3. The summed E-state index contributed by atoms with van der Waals surface area (Å²) in [6, 6.07) is 0. The van der Waals surface area contributed by atoms with Crippen LogP contribution in [-0.2, 0) is 22.4 Å². The van der Waals surface area contributed by atoms with Crippen LogP contribution in [0.2, 0.25) is 0 Å². The summed E-state index contributed by atoms with van der Waals surface area (Å²) in [5, 5.41) is 15.0. The van der Waals surface area contributed by atoms with Crippen LogP contribution in [0.15, 0.2) is 0 Å². The van der Waals surface area contributed by atoms with Gasteiger partial charge in [-0.3, -0.25) is 16.1 Å². The predicted octanol–water partition coefficient (Wildman–Crippen LogP) is -1.64. The fourth-order valence-electron chi connectivity index (χ4n) is 0.145. The fraction of sp³-hybridized carbons (Fsp3) is 0. The Balaban J connectivity index is 0. The average Bonchev–Trinajstić information content (AvgIpc) is 1.27. The Morgan fingerprint density at radius 2 is 1.38 bits per heavy atom. The maximum atomic E-state index is 6.47. The standard InChI is InChI=1S/C2H7N5.Ag/c3-1(4)7-2(5)6;/h(H7,3,4,5,6,7);. The monoisotopic (exact) mass is 208 g/mol. The third-order valence-electron chi connectivity index (χ3n) is 0.269. The topological polar surface area (TPSA) is 112 Å². The van der Waals surface area contributed by atoms with Gasteiger partial charge >= 0.3 is 0 Å². The Morgan fingerprint density at radius 1 is 1.12 bits per heavy atom. The van der Waals surface area contributed by atoms with Gasteiger partial charge in [0.25, 0.3) is 0 Å². The number of nitrogens with two attached hydrogens (primary N) is 2. The SMILES string of the molecule is N=C(N)NC(=N)N.[Ag]. The molecule has 7 N–H and O–H groups in total. The zero-order valence-corrected chi connectivity index (χ0v) is 5.44. The maximum absolute atomic E-state index is 6.47. The van der Waals surface area contributed by atoms with Crippen LogP contribution in [0.4, 0.5) is 0 Å². The van der Waals surface area contributed by atoms with Crippen LogP contribution in [0, 0.1) is 10.8 Å². The normalized spacial score (nSPS) is 6.50. The number of rotatable bonds is 0. The molecule has 0 aromatic rings. The minimum Gasteiger partial charge on any atom is -0.370 e. The van der Waals surface area contributed by atoms with Gasteiger partial charge < -0.3 is 11.5 Å². The number of hydrogen-bond acceptors (Lipinski definition) is 2. The van der Waals surface area contributed by atoms with E-state index in [1.54, 1.807) is 0 Å². The molecule has 8 heavy (non-hydrogen) atoms. The van der Waals surface area contributed by atoms with E-state index >= 15 is 0 Å². The summed E-state index contributed by atoms with van der Waals surface area (Å²) < 4.78 is 0. The third-order valence-corrected chi connectivity index (χ3v) is 0.269. The van der Waals surface area contributed by atoms with Gasteiger partial charge in [-0.1, -0.05) is 0 Å². The zero-order chi connectivity index (χ0) is 5.86. The van der Waals surface area contributed by atoms with Crippen LogP contribution < -0.4 is 16.8 Å². The third kappa shape index (κ3) is 9.08. The second-order valence-corrected chi connectivity index (χ2v) is 0.952. The predicted molar refractivity (Wildman–Crippen MR) is 27.0 cm³/mol. The molecule has 0 rings (SSSR count). The summed E-state index contributed by atoms with van der Waals surface area (Å²) in [6.45, 7) is 0. The summed E-state index contributed by atoms with van der Waals surface area (Å²) in [4.78, 5) is 0. The molecular weight excluding hydrogens is 202 g/mol. The first kappa shape index (κ1) is 10.5. The summed E-state index contributed by atoms with van der Waals surface area (Å²) in [5.74, 6) is -0.625. The average molecular weight is 209 g/mol. The Morgan fingerprint density at radius 3 is 1.38 bits per heavy atom.